The van der Waals surface area contributed by atoms with Crippen molar-refractivity contribution in [3.63, 3.8) is 0 Å². The fourth-order valence-corrected chi connectivity index (χ4v) is 5.49. The number of carbonyl (C=O) groups is 2. The number of amides is 3. The second kappa shape index (κ2) is 5.32. The van der Waals surface area contributed by atoms with Crippen LogP contribution in [0.25, 0.3) is 0 Å². The summed E-state index contributed by atoms with van der Waals surface area (Å²) in [5.41, 5.74) is 0. The van der Waals surface area contributed by atoms with Gasteiger partial charge in [-0.2, -0.15) is 0 Å². The summed E-state index contributed by atoms with van der Waals surface area (Å²) in [5, 5.41) is 14.3. The first-order valence-electron chi connectivity index (χ1n) is 8.60. The number of carboxylic acid groups (broad SMARTS) is 1. The summed E-state index contributed by atoms with van der Waals surface area (Å²) in [6, 6.07) is 0.445. The summed E-state index contributed by atoms with van der Waals surface area (Å²) in [5.74, 6) is 3.51. The Morgan fingerprint density at radius 3 is 2.14 bits per heavy atom. The van der Waals surface area contributed by atoms with E-state index in [1.165, 1.54) is 32.1 Å². The number of rotatable bonds is 3. The largest absolute Gasteiger partial charge is 0.465 e. The molecule has 3 N–H and O–H groups in total. The van der Waals surface area contributed by atoms with Crippen molar-refractivity contribution < 1.29 is 14.7 Å². The van der Waals surface area contributed by atoms with Crippen LogP contribution in [0.15, 0.2) is 0 Å². The van der Waals surface area contributed by atoms with Gasteiger partial charge in [-0.3, -0.25) is 0 Å². The van der Waals surface area contributed by atoms with Crippen LogP contribution < -0.4 is 10.6 Å². The molecule has 0 unspecified atom stereocenters. The third-order valence-electron chi connectivity index (χ3n) is 6.30. The molecule has 0 aromatic rings. The molecule has 6 heteroatoms. The van der Waals surface area contributed by atoms with Crippen LogP contribution in [-0.4, -0.2) is 47.8 Å². The first-order valence-corrected chi connectivity index (χ1v) is 8.60. The molecule has 22 heavy (non-hydrogen) atoms. The molecule has 1 aliphatic heterocycles. The highest BCUT2D eigenvalue weighted by atomic mass is 16.4. The Bertz CT molecular complexity index is 447. The summed E-state index contributed by atoms with van der Waals surface area (Å²) in [6.07, 6.45) is 5.67. The van der Waals surface area contributed by atoms with Crippen LogP contribution in [0.5, 0.6) is 0 Å². The lowest BCUT2D eigenvalue weighted by Crippen LogP contribution is -2.62. The molecule has 0 atom stereocenters. The Morgan fingerprint density at radius 2 is 1.59 bits per heavy atom. The number of hydrogen-bond acceptors (Lipinski definition) is 2. The molecule has 5 rings (SSSR count). The Morgan fingerprint density at radius 1 is 1.00 bits per heavy atom. The number of urea groups is 1. The first kappa shape index (κ1) is 14.2. The molecule has 3 amide bonds. The first-order chi connectivity index (χ1) is 10.6. The SMILES string of the molecule is O=C(O)NCC1CN(C(=O)NC2C3CC4CC(C3)CC2C4)C1. The molecule has 1 saturated heterocycles. The molecule has 4 bridgehead atoms. The zero-order chi connectivity index (χ0) is 15.3. The van der Waals surface area contributed by atoms with E-state index in [1.54, 1.807) is 0 Å². The van der Waals surface area contributed by atoms with Crippen molar-refractivity contribution in [2.24, 2.45) is 29.6 Å². The summed E-state index contributed by atoms with van der Waals surface area (Å²) in [6.45, 7) is 1.77. The van der Waals surface area contributed by atoms with Gasteiger partial charge in [0.2, 0.25) is 0 Å². The van der Waals surface area contributed by atoms with Crippen LogP contribution in [0.3, 0.4) is 0 Å². The lowest BCUT2D eigenvalue weighted by molar-refractivity contribution is -0.0128. The molecule has 1 heterocycles. The molecular formula is C16H25N3O3. The summed E-state index contributed by atoms with van der Waals surface area (Å²) < 4.78 is 0. The molecule has 0 radical (unpaired) electrons. The standard InChI is InChI=1S/C16H25N3O3/c20-15(19-7-11(8-19)6-17-16(21)22)18-14-12-2-9-1-10(4-12)5-13(14)3-9/h9-14,17H,1-8H2,(H,18,20)(H,21,22). The summed E-state index contributed by atoms with van der Waals surface area (Å²) in [7, 11) is 0. The fraction of sp³-hybridized carbons (Fsp3) is 0.875. The van der Waals surface area contributed by atoms with E-state index in [9.17, 15) is 9.59 Å². The zero-order valence-electron chi connectivity index (χ0n) is 12.8. The highest BCUT2D eigenvalue weighted by molar-refractivity contribution is 5.75. The van der Waals surface area contributed by atoms with Gasteiger partial charge in [0.1, 0.15) is 0 Å². The van der Waals surface area contributed by atoms with Crippen LogP contribution in [0.4, 0.5) is 9.59 Å². The quantitative estimate of drug-likeness (QED) is 0.742. The van der Waals surface area contributed by atoms with Crippen molar-refractivity contribution in [3.05, 3.63) is 0 Å². The van der Waals surface area contributed by atoms with Gasteiger partial charge >= 0.3 is 12.1 Å². The highest BCUT2D eigenvalue weighted by Gasteiger charge is 2.49. The third kappa shape index (κ3) is 2.52. The van der Waals surface area contributed by atoms with Crippen molar-refractivity contribution in [3.8, 4) is 0 Å². The predicted molar refractivity (Wildman–Crippen MR) is 80.5 cm³/mol. The number of likely N-dealkylation sites (tertiary alicyclic amines) is 1. The van der Waals surface area contributed by atoms with Gasteiger partial charge in [0, 0.05) is 31.6 Å². The van der Waals surface area contributed by atoms with Gasteiger partial charge in [0.15, 0.2) is 0 Å². The van der Waals surface area contributed by atoms with Gasteiger partial charge in [-0.25, -0.2) is 9.59 Å². The minimum absolute atomic E-state index is 0.0593. The fourth-order valence-electron chi connectivity index (χ4n) is 5.49. The van der Waals surface area contributed by atoms with E-state index in [0.29, 0.717) is 37.5 Å². The van der Waals surface area contributed by atoms with E-state index in [0.717, 1.165) is 11.8 Å². The van der Waals surface area contributed by atoms with Gasteiger partial charge in [-0.05, 0) is 55.8 Å². The third-order valence-corrected chi connectivity index (χ3v) is 6.30. The average Bonchev–Trinajstić information content (AvgIpc) is 2.40. The normalized spacial score (nSPS) is 39.5. The molecule has 0 aromatic heterocycles. The lowest BCUT2D eigenvalue weighted by Gasteiger charge is -2.55. The maximum atomic E-state index is 12.4. The summed E-state index contributed by atoms with van der Waals surface area (Å²) >= 11 is 0. The van der Waals surface area contributed by atoms with Crippen LogP contribution in [0, 0.1) is 29.6 Å². The second-order valence-electron chi connectivity index (χ2n) is 7.86. The number of carbonyl (C=O) groups excluding carboxylic acids is 1. The topological polar surface area (TPSA) is 81.7 Å². The molecule has 4 saturated carbocycles. The average molecular weight is 307 g/mol. The summed E-state index contributed by atoms with van der Waals surface area (Å²) in [4.78, 5) is 24.7. The van der Waals surface area contributed by atoms with E-state index in [4.69, 9.17) is 5.11 Å². The van der Waals surface area contributed by atoms with Crippen LogP contribution in [0.1, 0.15) is 32.1 Å². The second-order valence-corrected chi connectivity index (χ2v) is 7.86. The van der Waals surface area contributed by atoms with Crippen LogP contribution in [-0.2, 0) is 0 Å². The van der Waals surface area contributed by atoms with E-state index in [2.05, 4.69) is 10.6 Å². The van der Waals surface area contributed by atoms with Gasteiger partial charge < -0.3 is 20.6 Å². The van der Waals surface area contributed by atoms with Crippen LogP contribution >= 0.6 is 0 Å². The van der Waals surface area contributed by atoms with E-state index in [-0.39, 0.29) is 11.9 Å². The Balaban J connectivity index is 1.26. The van der Waals surface area contributed by atoms with E-state index in [1.807, 2.05) is 4.90 Å². The zero-order valence-corrected chi connectivity index (χ0v) is 12.8. The van der Waals surface area contributed by atoms with Gasteiger partial charge in [0.25, 0.3) is 0 Å². The van der Waals surface area contributed by atoms with Crippen molar-refractivity contribution in [2.75, 3.05) is 19.6 Å². The van der Waals surface area contributed by atoms with Crippen molar-refractivity contribution in [2.45, 2.75) is 38.1 Å². The molecule has 4 aliphatic carbocycles. The molecule has 5 aliphatic rings. The molecule has 122 valence electrons. The lowest BCUT2D eigenvalue weighted by atomic mass is 9.54. The molecule has 0 spiro atoms. The molecular weight excluding hydrogens is 282 g/mol. The number of hydrogen-bond donors (Lipinski definition) is 3. The van der Waals surface area contributed by atoms with E-state index < -0.39 is 6.09 Å². The maximum Gasteiger partial charge on any atom is 0.404 e. The molecule has 5 fully saturated rings. The molecule has 0 aromatic carbocycles. The van der Waals surface area contributed by atoms with Crippen molar-refractivity contribution >= 4 is 12.1 Å². The smallest absolute Gasteiger partial charge is 0.404 e. The van der Waals surface area contributed by atoms with Gasteiger partial charge in [-0.15, -0.1) is 0 Å². The monoisotopic (exact) mass is 307 g/mol. The number of nitrogens with zero attached hydrogens (tertiary/aromatic N) is 1. The van der Waals surface area contributed by atoms with Gasteiger partial charge in [-0.1, -0.05) is 0 Å². The van der Waals surface area contributed by atoms with Crippen molar-refractivity contribution in [1.82, 2.24) is 15.5 Å². The highest BCUT2D eigenvalue weighted by Crippen LogP contribution is 2.53. The number of nitrogens with one attached hydrogen (secondary N) is 2. The van der Waals surface area contributed by atoms with Crippen LogP contribution in [0.2, 0.25) is 0 Å². The van der Waals surface area contributed by atoms with E-state index >= 15 is 0 Å². The maximum absolute atomic E-state index is 12.4. The Labute approximate surface area is 130 Å². The Kier molecular flexibility index (Phi) is 3.42. The predicted octanol–water partition coefficient (Wildman–Crippen LogP) is 1.72. The minimum Gasteiger partial charge on any atom is -0.465 e. The minimum atomic E-state index is -0.989. The molecule has 6 nitrogen and oxygen atoms in total. The van der Waals surface area contributed by atoms with Crippen molar-refractivity contribution in [1.29, 1.82) is 0 Å². The Hall–Kier alpha value is -1.46. The van der Waals surface area contributed by atoms with Gasteiger partial charge in [0.05, 0.1) is 0 Å².